The lowest BCUT2D eigenvalue weighted by Crippen LogP contribution is -2.48. The lowest BCUT2D eigenvalue weighted by atomic mass is 10.0. The van der Waals surface area contributed by atoms with Gasteiger partial charge in [0, 0.05) is 38.8 Å². The molecule has 7 nitrogen and oxygen atoms in total. The second kappa shape index (κ2) is 10.8. The summed E-state index contributed by atoms with van der Waals surface area (Å²) in [6, 6.07) is 25.1. The minimum absolute atomic E-state index is 0.169. The van der Waals surface area contributed by atoms with Crippen LogP contribution in [0.15, 0.2) is 83.8 Å². The van der Waals surface area contributed by atoms with Crippen LogP contribution in [0.25, 0.3) is 0 Å². The van der Waals surface area contributed by atoms with Crippen molar-refractivity contribution < 1.29 is 13.2 Å². The Bertz CT molecular complexity index is 1230. The Morgan fingerprint density at radius 2 is 1.62 bits per heavy atom. The van der Waals surface area contributed by atoms with Gasteiger partial charge in [-0.05, 0) is 61.1 Å². The Morgan fingerprint density at radius 1 is 0.941 bits per heavy atom. The maximum absolute atomic E-state index is 13.1. The van der Waals surface area contributed by atoms with Gasteiger partial charge in [-0.25, -0.2) is 13.1 Å². The zero-order valence-electron chi connectivity index (χ0n) is 19.1. The van der Waals surface area contributed by atoms with Crippen molar-refractivity contribution in [3.8, 4) is 17.6 Å². The van der Waals surface area contributed by atoms with Crippen molar-refractivity contribution in [2.45, 2.75) is 10.9 Å². The van der Waals surface area contributed by atoms with Crippen LogP contribution in [0.3, 0.4) is 0 Å². The van der Waals surface area contributed by atoms with Crippen LogP contribution < -0.4 is 9.46 Å². The Hall–Kier alpha value is -3.22. The van der Waals surface area contributed by atoms with Gasteiger partial charge in [0.15, 0.2) is 0 Å². The maximum Gasteiger partial charge on any atom is 0.240 e. The van der Waals surface area contributed by atoms with Crippen molar-refractivity contribution in [2.75, 3.05) is 39.8 Å². The van der Waals surface area contributed by atoms with E-state index < -0.39 is 10.0 Å². The van der Waals surface area contributed by atoms with Gasteiger partial charge in [-0.3, -0.25) is 4.90 Å². The molecule has 0 spiro atoms. The Labute approximate surface area is 201 Å². The monoisotopic (exact) mass is 476 g/mol. The van der Waals surface area contributed by atoms with E-state index in [1.165, 1.54) is 0 Å². The smallest absolute Gasteiger partial charge is 0.240 e. The van der Waals surface area contributed by atoms with Gasteiger partial charge in [0.05, 0.1) is 16.5 Å². The standard InChI is InChI=1S/C26H28N4O3S/c1-29-14-16-30(17-15-29)26(22-7-5-6-21(18-22)19-27)20-28-34(31,32)25-12-10-24(11-13-25)33-23-8-3-2-4-9-23/h2-13,18,26,28H,14-17,20H2,1H3. The Kier molecular flexibility index (Phi) is 7.60. The van der Waals surface area contributed by atoms with E-state index in [-0.39, 0.29) is 17.5 Å². The highest BCUT2D eigenvalue weighted by atomic mass is 32.2. The number of hydrogen-bond acceptors (Lipinski definition) is 6. The molecule has 1 aliphatic heterocycles. The largest absolute Gasteiger partial charge is 0.457 e. The number of rotatable bonds is 8. The predicted molar refractivity (Wildman–Crippen MR) is 131 cm³/mol. The summed E-state index contributed by atoms with van der Waals surface area (Å²) >= 11 is 0. The third kappa shape index (κ3) is 6.01. The van der Waals surface area contributed by atoms with Crippen LogP contribution in [0, 0.1) is 11.3 Å². The molecular formula is C26H28N4O3S. The molecule has 1 unspecified atom stereocenters. The first-order valence-electron chi connectivity index (χ1n) is 11.2. The van der Waals surface area contributed by atoms with Crippen LogP contribution in [0.2, 0.25) is 0 Å². The second-order valence-corrected chi connectivity index (χ2v) is 10.1. The molecule has 4 rings (SSSR count). The highest BCUT2D eigenvalue weighted by Crippen LogP contribution is 2.25. The number of piperazine rings is 1. The third-order valence-electron chi connectivity index (χ3n) is 5.96. The highest BCUT2D eigenvalue weighted by Gasteiger charge is 2.26. The zero-order chi connectivity index (χ0) is 24.0. The van der Waals surface area contributed by atoms with Gasteiger partial charge in [-0.2, -0.15) is 5.26 Å². The van der Waals surface area contributed by atoms with Gasteiger partial charge in [0.25, 0.3) is 0 Å². The lowest BCUT2D eigenvalue weighted by molar-refractivity contribution is 0.113. The van der Waals surface area contributed by atoms with Crippen LogP contribution in [0.1, 0.15) is 17.2 Å². The van der Waals surface area contributed by atoms with Crippen molar-refractivity contribution in [1.82, 2.24) is 14.5 Å². The third-order valence-corrected chi connectivity index (χ3v) is 7.40. The number of nitrogens with one attached hydrogen (secondary N) is 1. The van der Waals surface area contributed by atoms with Gasteiger partial charge in [-0.15, -0.1) is 0 Å². The molecule has 0 radical (unpaired) electrons. The minimum atomic E-state index is -3.73. The molecule has 0 aromatic heterocycles. The number of benzene rings is 3. The fourth-order valence-electron chi connectivity index (χ4n) is 3.99. The molecule has 176 valence electrons. The fourth-order valence-corrected chi connectivity index (χ4v) is 5.03. The molecule has 34 heavy (non-hydrogen) atoms. The Morgan fingerprint density at radius 3 is 2.29 bits per heavy atom. The van der Waals surface area contributed by atoms with Crippen LogP contribution in [0.4, 0.5) is 0 Å². The van der Waals surface area contributed by atoms with Gasteiger partial charge in [0.2, 0.25) is 10.0 Å². The van der Waals surface area contributed by atoms with Gasteiger partial charge >= 0.3 is 0 Å². The van der Waals surface area contributed by atoms with Crippen LogP contribution >= 0.6 is 0 Å². The van der Waals surface area contributed by atoms with E-state index >= 15 is 0 Å². The molecule has 0 bridgehead atoms. The summed E-state index contributed by atoms with van der Waals surface area (Å²) < 4.78 is 34.7. The Balaban J connectivity index is 1.49. The van der Waals surface area contributed by atoms with Crippen LogP contribution in [-0.2, 0) is 10.0 Å². The number of sulfonamides is 1. The van der Waals surface area contributed by atoms with Gasteiger partial charge < -0.3 is 9.64 Å². The van der Waals surface area contributed by atoms with E-state index in [0.29, 0.717) is 17.1 Å². The molecule has 1 atom stereocenters. The molecule has 1 heterocycles. The molecule has 1 fully saturated rings. The molecule has 1 saturated heterocycles. The molecule has 0 aliphatic carbocycles. The second-order valence-electron chi connectivity index (χ2n) is 8.33. The average molecular weight is 477 g/mol. The van der Waals surface area contributed by atoms with Crippen molar-refractivity contribution in [3.63, 3.8) is 0 Å². The molecule has 3 aromatic rings. The van der Waals surface area contributed by atoms with Crippen LogP contribution in [0.5, 0.6) is 11.5 Å². The SMILES string of the molecule is CN1CCN(C(CNS(=O)(=O)c2ccc(Oc3ccccc3)cc2)c2cccc(C#N)c2)CC1. The van der Waals surface area contributed by atoms with Crippen molar-refractivity contribution >= 4 is 10.0 Å². The number of ether oxygens (including phenoxy) is 1. The first kappa shape index (κ1) is 23.9. The normalized spacial score (nSPS) is 16.0. The summed E-state index contributed by atoms with van der Waals surface area (Å²) in [5.74, 6) is 1.25. The van der Waals surface area contributed by atoms with E-state index in [2.05, 4.69) is 27.6 Å². The van der Waals surface area contributed by atoms with E-state index in [4.69, 9.17) is 4.74 Å². The molecule has 1 aliphatic rings. The summed E-state index contributed by atoms with van der Waals surface area (Å²) in [4.78, 5) is 4.70. The fraction of sp³-hybridized carbons (Fsp3) is 0.269. The van der Waals surface area contributed by atoms with Crippen molar-refractivity contribution in [2.24, 2.45) is 0 Å². The van der Waals surface area contributed by atoms with Crippen molar-refractivity contribution in [3.05, 3.63) is 90.0 Å². The first-order chi connectivity index (χ1) is 16.4. The topological polar surface area (TPSA) is 85.7 Å². The molecule has 0 saturated carbocycles. The zero-order valence-corrected chi connectivity index (χ0v) is 19.9. The number of hydrogen-bond donors (Lipinski definition) is 1. The summed E-state index contributed by atoms with van der Waals surface area (Å²) in [6.07, 6.45) is 0. The number of para-hydroxylation sites is 1. The highest BCUT2D eigenvalue weighted by molar-refractivity contribution is 7.89. The molecular weight excluding hydrogens is 448 g/mol. The number of nitrogens with zero attached hydrogens (tertiary/aromatic N) is 3. The van der Waals surface area contributed by atoms with Gasteiger partial charge in [0.1, 0.15) is 11.5 Å². The molecule has 1 N–H and O–H groups in total. The quantitative estimate of drug-likeness (QED) is 0.535. The minimum Gasteiger partial charge on any atom is -0.457 e. The predicted octanol–water partition coefficient (Wildman–Crippen LogP) is 3.62. The summed E-state index contributed by atoms with van der Waals surface area (Å²) in [5.41, 5.74) is 1.49. The number of nitriles is 1. The first-order valence-corrected chi connectivity index (χ1v) is 12.7. The molecule has 3 aromatic carbocycles. The molecule has 8 heteroatoms. The summed E-state index contributed by atoms with van der Waals surface area (Å²) in [6.45, 7) is 3.67. The van der Waals surface area contributed by atoms with Crippen LogP contribution in [-0.4, -0.2) is 58.0 Å². The number of likely N-dealkylation sites (N-methyl/N-ethyl adjacent to an activating group) is 1. The maximum atomic E-state index is 13.1. The van der Waals surface area contributed by atoms with E-state index in [0.717, 1.165) is 31.7 Å². The average Bonchev–Trinajstić information content (AvgIpc) is 2.86. The van der Waals surface area contributed by atoms with E-state index in [1.807, 2.05) is 48.5 Å². The van der Waals surface area contributed by atoms with E-state index in [1.54, 1.807) is 30.3 Å². The summed E-state index contributed by atoms with van der Waals surface area (Å²) in [7, 11) is -1.65. The summed E-state index contributed by atoms with van der Waals surface area (Å²) in [5, 5.41) is 9.32. The van der Waals surface area contributed by atoms with E-state index in [9.17, 15) is 13.7 Å². The van der Waals surface area contributed by atoms with Crippen molar-refractivity contribution in [1.29, 1.82) is 5.26 Å². The molecule has 0 amide bonds. The lowest BCUT2D eigenvalue weighted by Gasteiger charge is -2.38. The van der Waals surface area contributed by atoms with Gasteiger partial charge in [-0.1, -0.05) is 30.3 Å².